The van der Waals surface area contributed by atoms with Gasteiger partial charge in [-0.1, -0.05) is 13.0 Å². The minimum Gasteiger partial charge on any atom is -0.350 e. The molecule has 0 bridgehead atoms. The van der Waals surface area contributed by atoms with E-state index in [2.05, 4.69) is 22.5 Å². The summed E-state index contributed by atoms with van der Waals surface area (Å²) in [5.74, 6) is 1.16. The highest BCUT2D eigenvalue weighted by Gasteiger charge is 2.21. The second kappa shape index (κ2) is 7.13. The zero-order valence-electron chi connectivity index (χ0n) is 14.0. The Labute approximate surface area is 137 Å². The maximum absolute atomic E-state index is 12.2. The van der Waals surface area contributed by atoms with E-state index in [1.54, 1.807) is 0 Å². The van der Waals surface area contributed by atoms with Gasteiger partial charge in [0.25, 0.3) is 0 Å². The molecule has 2 atom stereocenters. The summed E-state index contributed by atoms with van der Waals surface area (Å²) in [6, 6.07) is 4.05. The van der Waals surface area contributed by atoms with Crippen molar-refractivity contribution in [3.63, 3.8) is 0 Å². The lowest BCUT2D eigenvalue weighted by Crippen LogP contribution is -2.35. The summed E-state index contributed by atoms with van der Waals surface area (Å²) in [5.41, 5.74) is 3.00. The minimum absolute atomic E-state index is 0.122. The molecule has 1 aliphatic heterocycles. The molecule has 1 aliphatic rings. The SMILES string of the molecule is Cc1cccn2cc(CNC(=O)CC(C)C3CCCNC3)nc12. The van der Waals surface area contributed by atoms with E-state index >= 15 is 0 Å². The van der Waals surface area contributed by atoms with E-state index < -0.39 is 0 Å². The number of pyridine rings is 1. The molecule has 2 unspecified atom stereocenters. The number of hydrogen-bond acceptors (Lipinski definition) is 3. The van der Waals surface area contributed by atoms with Gasteiger partial charge in [-0.3, -0.25) is 4.79 Å². The van der Waals surface area contributed by atoms with Crippen molar-refractivity contribution in [3.05, 3.63) is 35.8 Å². The number of nitrogens with one attached hydrogen (secondary N) is 2. The van der Waals surface area contributed by atoms with Crippen molar-refractivity contribution in [1.29, 1.82) is 0 Å². The molecule has 1 saturated heterocycles. The Bertz CT molecular complexity index is 673. The number of imidazole rings is 1. The van der Waals surface area contributed by atoms with E-state index in [4.69, 9.17) is 0 Å². The van der Waals surface area contributed by atoms with Crippen LogP contribution in [0.2, 0.25) is 0 Å². The van der Waals surface area contributed by atoms with Crippen LogP contribution in [-0.4, -0.2) is 28.4 Å². The maximum atomic E-state index is 12.2. The number of amides is 1. The van der Waals surface area contributed by atoms with Gasteiger partial charge in [-0.05, 0) is 56.3 Å². The third kappa shape index (κ3) is 3.91. The molecule has 5 heteroatoms. The molecule has 1 fully saturated rings. The Morgan fingerprint density at radius 3 is 3.17 bits per heavy atom. The Hall–Kier alpha value is -1.88. The van der Waals surface area contributed by atoms with E-state index in [1.165, 1.54) is 12.8 Å². The van der Waals surface area contributed by atoms with Gasteiger partial charge in [0.05, 0.1) is 12.2 Å². The van der Waals surface area contributed by atoms with Crippen molar-refractivity contribution in [2.45, 2.75) is 39.7 Å². The highest BCUT2D eigenvalue weighted by atomic mass is 16.1. The molecule has 0 aliphatic carbocycles. The van der Waals surface area contributed by atoms with Crippen molar-refractivity contribution in [1.82, 2.24) is 20.0 Å². The molecule has 0 spiro atoms. The summed E-state index contributed by atoms with van der Waals surface area (Å²) in [4.78, 5) is 16.8. The number of aromatic nitrogens is 2. The quantitative estimate of drug-likeness (QED) is 0.890. The fourth-order valence-electron chi connectivity index (χ4n) is 3.37. The Balaban J connectivity index is 1.52. The first-order valence-corrected chi connectivity index (χ1v) is 8.54. The first-order valence-electron chi connectivity index (χ1n) is 8.54. The van der Waals surface area contributed by atoms with Crippen molar-refractivity contribution in [2.75, 3.05) is 13.1 Å². The molecule has 0 saturated carbocycles. The zero-order chi connectivity index (χ0) is 16.2. The topological polar surface area (TPSA) is 58.4 Å². The van der Waals surface area contributed by atoms with E-state index in [9.17, 15) is 4.79 Å². The van der Waals surface area contributed by atoms with Crippen LogP contribution >= 0.6 is 0 Å². The van der Waals surface area contributed by atoms with Crippen molar-refractivity contribution in [3.8, 4) is 0 Å². The number of carbonyl (C=O) groups is 1. The second-order valence-electron chi connectivity index (χ2n) is 6.72. The van der Waals surface area contributed by atoms with Crippen LogP contribution in [0.15, 0.2) is 24.5 Å². The zero-order valence-corrected chi connectivity index (χ0v) is 14.0. The molecule has 23 heavy (non-hydrogen) atoms. The molecule has 1 amide bonds. The van der Waals surface area contributed by atoms with E-state index in [0.29, 0.717) is 24.8 Å². The predicted octanol–water partition coefficient (Wildman–Crippen LogP) is 2.28. The lowest BCUT2D eigenvalue weighted by molar-refractivity contribution is -0.122. The molecular weight excluding hydrogens is 288 g/mol. The smallest absolute Gasteiger partial charge is 0.220 e. The van der Waals surface area contributed by atoms with Gasteiger partial charge < -0.3 is 15.0 Å². The van der Waals surface area contributed by atoms with Crippen LogP contribution in [0.3, 0.4) is 0 Å². The maximum Gasteiger partial charge on any atom is 0.220 e. The van der Waals surface area contributed by atoms with Crippen LogP contribution in [0.4, 0.5) is 0 Å². The second-order valence-corrected chi connectivity index (χ2v) is 6.72. The van der Waals surface area contributed by atoms with Crippen LogP contribution in [0.5, 0.6) is 0 Å². The molecule has 0 aromatic carbocycles. The molecule has 3 heterocycles. The van der Waals surface area contributed by atoms with Crippen LogP contribution in [0, 0.1) is 18.8 Å². The largest absolute Gasteiger partial charge is 0.350 e. The van der Waals surface area contributed by atoms with Crippen LogP contribution in [0.25, 0.3) is 5.65 Å². The Morgan fingerprint density at radius 1 is 1.57 bits per heavy atom. The number of carbonyl (C=O) groups excluding carboxylic acids is 1. The van der Waals surface area contributed by atoms with Crippen molar-refractivity contribution >= 4 is 11.6 Å². The standard InChI is InChI=1S/C18H26N4O/c1-13-5-4-8-22-12-16(21-18(13)22)11-20-17(23)9-14(2)15-6-3-7-19-10-15/h4-5,8,12,14-15,19H,3,6-7,9-11H2,1-2H3,(H,20,23). The summed E-state index contributed by atoms with van der Waals surface area (Å²) < 4.78 is 2.01. The molecule has 2 aromatic heterocycles. The van der Waals surface area contributed by atoms with Gasteiger partial charge in [-0.2, -0.15) is 0 Å². The highest BCUT2D eigenvalue weighted by Crippen LogP contribution is 2.22. The fraction of sp³-hybridized carbons (Fsp3) is 0.556. The lowest BCUT2D eigenvalue weighted by Gasteiger charge is -2.27. The molecule has 2 N–H and O–H groups in total. The van der Waals surface area contributed by atoms with Gasteiger partial charge in [-0.15, -0.1) is 0 Å². The van der Waals surface area contributed by atoms with E-state index in [0.717, 1.165) is 30.0 Å². The fourth-order valence-corrected chi connectivity index (χ4v) is 3.37. The van der Waals surface area contributed by atoms with Gasteiger partial charge in [-0.25, -0.2) is 4.98 Å². The average molecular weight is 314 g/mol. The van der Waals surface area contributed by atoms with E-state index in [1.807, 2.05) is 35.9 Å². The molecule has 3 rings (SSSR count). The van der Waals surface area contributed by atoms with Gasteiger partial charge in [0.2, 0.25) is 5.91 Å². The third-order valence-electron chi connectivity index (χ3n) is 4.84. The summed E-state index contributed by atoms with van der Waals surface area (Å²) in [6.45, 7) is 6.88. The predicted molar refractivity (Wildman–Crippen MR) is 91.2 cm³/mol. The summed E-state index contributed by atoms with van der Waals surface area (Å²) in [5, 5.41) is 6.44. The number of aryl methyl sites for hydroxylation is 1. The minimum atomic E-state index is 0.122. The lowest BCUT2D eigenvalue weighted by atomic mass is 9.85. The monoisotopic (exact) mass is 314 g/mol. The van der Waals surface area contributed by atoms with Gasteiger partial charge in [0, 0.05) is 18.8 Å². The van der Waals surface area contributed by atoms with Crippen LogP contribution < -0.4 is 10.6 Å². The number of rotatable bonds is 5. The van der Waals surface area contributed by atoms with Gasteiger partial charge in [0.15, 0.2) is 0 Å². The molecule has 0 radical (unpaired) electrons. The van der Waals surface area contributed by atoms with Crippen molar-refractivity contribution < 1.29 is 4.79 Å². The van der Waals surface area contributed by atoms with Crippen molar-refractivity contribution in [2.24, 2.45) is 11.8 Å². The Kier molecular flexibility index (Phi) is 4.96. The summed E-state index contributed by atoms with van der Waals surface area (Å²) in [6.07, 6.45) is 7.01. The number of nitrogens with zero attached hydrogens (tertiary/aromatic N) is 2. The van der Waals surface area contributed by atoms with E-state index in [-0.39, 0.29) is 5.91 Å². The molecular formula is C18H26N4O. The summed E-state index contributed by atoms with van der Waals surface area (Å²) in [7, 11) is 0. The van der Waals surface area contributed by atoms with Gasteiger partial charge >= 0.3 is 0 Å². The molecule has 2 aromatic rings. The average Bonchev–Trinajstić information content (AvgIpc) is 2.98. The number of piperidine rings is 1. The van der Waals surface area contributed by atoms with Gasteiger partial charge in [0.1, 0.15) is 5.65 Å². The number of hydrogen-bond donors (Lipinski definition) is 2. The van der Waals surface area contributed by atoms with Crippen LogP contribution in [0.1, 0.15) is 37.4 Å². The first kappa shape index (κ1) is 16.0. The Morgan fingerprint density at radius 2 is 2.43 bits per heavy atom. The highest BCUT2D eigenvalue weighted by molar-refractivity contribution is 5.76. The normalized spacial score (nSPS) is 19.7. The molecule has 124 valence electrons. The van der Waals surface area contributed by atoms with Crippen LogP contribution in [-0.2, 0) is 11.3 Å². The third-order valence-corrected chi connectivity index (χ3v) is 4.84. The number of fused-ring (bicyclic) bond motifs is 1. The molecule has 5 nitrogen and oxygen atoms in total. The first-order chi connectivity index (χ1) is 11.1. The summed E-state index contributed by atoms with van der Waals surface area (Å²) >= 11 is 0.